The lowest BCUT2D eigenvalue weighted by molar-refractivity contribution is -0.336. The van der Waals surface area contributed by atoms with Crippen LogP contribution in [0.5, 0.6) is 0 Å². The van der Waals surface area contributed by atoms with E-state index in [9.17, 15) is 4.79 Å². The van der Waals surface area contributed by atoms with E-state index in [0.29, 0.717) is 17.8 Å². The third-order valence-corrected chi connectivity index (χ3v) is 10.0. The zero-order valence-corrected chi connectivity index (χ0v) is 25.2. The fourth-order valence-corrected chi connectivity index (χ4v) is 6.66. The van der Waals surface area contributed by atoms with E-state index < -0.39 is 6.29 Å². The van der Waals surface area contributed by atoms with Gasteiger partial charge in [0.05, 0.1) is 42.7 Å². The molecule has 6 unspecified atom stereocenters. The molecule has 0 aromatic carbocycles. The van der Waals surface area contributed by atoms with Crippen molar-refractivity contribution in [2.24, 2.45) is 35.5 Å². The molecule has 3 fully saturated rings. The lowest BCUT2D eigenvalue weighted by atomic mass is 9.80. The molecule has 0 spiro atoms. The zero-order valence-electron chi connectivity index (χ0n) is 25.2. The molecule has 216 valence electrons. The molecule has 3 rings (SSSR count). The first-order chi connectivity index (χ1) is 17.4. The van der Waals surface area contributed by atoms with Crippen LogP contribution >= 0.6 is 0 Å². The van der Waals surface area contributed by atoms with Crippen molar-refractivity contribution in [1.82, 2.24) is 5.32 Å². The van der Waals surface area contributed by atoms with Gasteiger partial charge in [-0.25, -0.2) is 0 Å². The van der Waals surface area contributed by atoms with E-state index >= 15 is 0 Å². The first-order valence-electron chi connectivity index (χ1n) is 15.0. The molecule has 0 aromatic rings. The highest BCUT2D eigenvalue weighted by Gasteiger charge is 2.49. The maximum absolute atomic E-state index is 12.1. The Balaban J connectivity index is 1.77. The van der Waals surface area contributed by atoms with Crippen molar-refractivity contribution in [2.45, 2.75) is 151 Å². The molecular weight excluding hydrogens is 470 g/mol. The summed E-state index contributed by atoms with van der Waals surface area (Å²) >= 11 is 0. The number of carbonyl (C=O) groups is 1. The van der Waals surface area contributed by atoms with Gasteiger partial charge in [0, 0.05) is 12.8 Å². The zero-order chi connectivity index (χ0) is 27.6. The average molecular weight is 526 g/mol. The molecule has 1 N–H and O–H groups in total. The van der Waals surface area contributed by atoms with Gasteiger partial charge in [-0.3, -0.25) is 4.79 Å². The monoisotopic (exact) mass is 525 g/mol. The molecule has 0 aromatic heterocycles. The van der Waals surface area contributed by atoms with Gasteiger partial charge < -0.3 is 29.0 Å². The minimum absolute atomic E-state index is 0.00398. The minimum Gasteiger partial charge on any atom is -0.372 e. The number of ether oxygens (including phenoxy) is 5. The quantitative estimate of drug-likeness (QED) is 0.448. The molecule has 0 aliphatic carbocycles. The Morgan fingerprint density at radius 3 is 1.65 bits per heavy atom. The first-order valence-corrected chi connectivity index (χ1v) is 15.0. The van der Waals surface area contributed by atoms with E-state index in [1.54, 1.807) is 6.92 Å². The molecule has 0 saturated carbocycles. The van der Waals surface area contributed by atoms with Crippen LogP contribution in [0.15, 0.2) is 0 Å². The largest absolute Gasteiger partial charge is 0.372 e. The molecule has 1 amide bonds. The second-order valence-corrected chi connectivity index (χ2v) is 12.3. The molecule has 0 bridgehead atoms. The number of rotatable bonds is 8. The van der Waals surface area contributed by atoms with Crippen LogP contribution in [-0.2, 0) is 28.5 Å². The summed E-state index contributed by atoms with van der Waals surface area (Å²) in [5.41, 5.74) is 0. The standard InChI is InChI=1S/C30H55NO6/c1-12-23-16(5)17(6)26(31-22(11)32)30(34-23)37-28-19(8)20(9)29(35-25(28)14-3)36-27-18(7)15(4)21(10)33-24(27)13-2/h15-21,23-30H,12-14H2,1-11H3,(H,31,32)/t15?,16-,17+,18-,19-,20?,21+,23?,24?,25?,26?,27+,28-,29+,30+/m1/s1. The number of nitrogens with one attached hydrogen (secondary N) is 1. The first kappa shape index (κ1) is 30.8. The molecule has 3 aliphatic rings. The Hall–Kier alpha value is -0.730. The van der Waals surface area contributed by atoms with Gasteiger partial charge in [0.1, 0.15) is 0 Å². The van der Waals surface area contributed by atoms with E-state index in [0.717, 1.165) is 19.3 Å². The molecule has 0 radical (unpaired) electrons. The van der Waals surface area contributed by atoms with Crippen LogP contribution in [0.2, 0.25) is 0 Å². The van der Waals surface area contributed by atoms with Crippen molar-refractivity contribution in [3.63, 3.8) is 0 Å². The number of amides is 1. The Bertz CT molecular complexity index is 731. The van der Waals surface area contributed by atoms with Gasteiger partial charge >= 0.3 is 0 Å². The van der Waals surface area contributed by atoms with Gasteiger partial charge in [-0.2, -0.15) is 0 Å². The van der Waals surface area contributed by atoms with Crippen molar-refractivity contribution in [3.8, 4) is 0 Å². The van der Waals surface area contributed by atoms with Crippen LogP contribution in [0.3, 0.4) is 0 Å². The van der Waals surface area contributed by atoms with Crippen LogP contribution in [0, 0.1) is 35.5 Å². The van der Waals surface area contributed by atoms with Gasteiger partial charge in [0.15, 0.2) is 12.6 Å². The smallest absolute Gasteiger partial charge is 0.217 e. The predicted molar refractivity (Wildman–Crippen MR) is 145 cm³/mol. The van der Waals surface area contributed by atoms with E-state index in [-0.39, 0.29) is 72.6 Å². The fraction of sp³-hybridized carbons (Fsp3) is 0.967. The topological polar surface area (TPSA) is 75.2 Å². The van der Waals surface area contributed by atoms with Gasteiger partial charge in [0.2, 0.25) is 5.91 Å². The van der Waals surface area contributed by atoms with Gasteiger partial charge in [0.25, 0.3) is 0 Å². The summed E-state index contributed by atoms with van der Waals surface area (Å²) in [6.45, 7) is 23.6. The van der Waals surface area contributed by atoms with Crippen LogP contribution in [0.4, 0.5) is 0 Å². The maximum atomic E-state index is 12.1. The van der Waals surface area contributed by atoms with Crippen molar-refractivity contribution in [3.05, 3.63) is 0 Å². The SMILES string of the molecule is CCC1O[C@@H](C)C(C)[C@@H](C)[C@@H]1O[C@@H]1OC(CC)[C@H](O[C@@H]2OC(CC)[C@H](C)[C@H](C)C2NC(C)=O)[C@H](C)C1C. The lowest BCUT2D eigenvalue weighted by Gasteiger charge is -2.51. The minimum atomic E-state index is -0.506. The molecule has 3 saturated heterocycles. The summed E-state index contributed by atoms with van der Waals surface area (Å²) in [6, 6.07) is -0.196. The Kier molecular flexibility index (Phi) is 10.9. The van der Waals surface area contributed by atoms with Gasteiger partial charge in [-0.05, 0) is 55.8 Å². The Morgan fingerprint density at radius 1 is 0.622 bits per heavy atom. The Morgan fingerprint density at radius 2 is 1.11 bits per heavy atom. The average Bonchev–Trinajstić information content (AvgIpc) is 2.87. The fourth-order valence-electron chi connectivity index (χ4n) is 6.66. The van der Waals surface area contributed by atoms with E-state index in [2.05, 4.69) is 74.6 Å². The number of hydrogen-bond acceptors (Lipinski definition) is 6. The molecule has 3 heterocycles. The van der Waals surface area contributed by atoms with Crippen molar-refractivity contribution in [1.29, 1.82) is 0 Å². The lowest BCUT2D eigenvalue weighted by Crippen LogP contribution is -2.61. The number of carbonyl (C=O) groups excluding carboxylic acids is 1. The normalized spacial score (nSPS) is 49.0. The third kappa shape index (κ3) is 6.54. The van der Waals surface area contributed by atoms with Crippen molar-refractivity contribution < 1.29 is 28.5 Å². The second kappa shape index (κ2) is 13.1. The highest BCUT2D eigenvalue weighted by molar-refractivity contribution is 5.73. The van der Waals surface area contributed by atoms with Crippen LogP contribution in [-0.4, -0.2) is 61.2 Å². The predicted octanol–water partition coefficient (Wildman–Crippen LogP) is 5.55. The summed E-state index contributed by atoms with van der Waals surface area (Å²) in [7, 11) is 0. The van der Waals surface area contributed by atoms with Gasteiger partial charge in [-0.1, -0.05) is 62.3 Å². The molecular formula is C30H55NO6. The van der Waals surface area contributed by atoms with Crippen LogP contribution in [0.25, 0.3) is 0 Å². The van der Waals surface area contributed by atoms with Gasteiger partial charge in [-0.15, -0.1) is 0 Å². The van der Waals surface area contributed by atoms with Crippen molar-refractivity contribution in [2.75, 3.05) is 0 Å². The Labute approximate surface area is 226 Å². The molecule has 37 heavy (non-hydrogen) atoms. The van der Waals surface area contributed by atoms with E-state index in [1.807, 2.05) is 0 Å². The summed E-state index contributed by atoms with van der Waals surface area (Å²) in [5, 5.41) is 3.12. The van der Waals surface area contributed by atoms with E-state index in [1.165, 1.54) is 0 Å². The second-order valence-electron chi connectivity index (χ2n) is 12.3. The van der Waals surface area contributed by atoms with Crippen LogP contribution in [0.1, 0.15) is 95.4 Å². The highest BCUT2D eigenvalue weighted by Crippen LogP contribution is 2.41. The summed E-state index contributed by atoms with van der Waals surface area (Å²) in [6.07, 6.45) is 1.96. The summed E-state index contributed by atoms with van der Waals surface area (Å²) < 4.78 is 33.0. The summed E-state index contributed by atoms with van der Waals surface area (Å²) in [4.78, 5) is 12.1. The summed E-state index contributed by atoms with van der Waals surface area (Å²) in [5.74, 6) is 1.64. The highest BCUT2D eigenvalue weighted by atomic mass is 16.7. The maximum Gasteiger partial charge on any atom is 0.217 e. The van der Waals surface area contributed by atoms with Crippen LogP contribution < -0.4 is 5.32 Å². The molecule has 15 atom stereocenters. The third-order valence-electron chi connectivity index (χ3n) is 10.0. The van der Waals surface area contributed by atoms with E-state index in [4.69, 9.17) is 23.7 Å². The van der Waals surface area contributed by atoms with Crippen molar-refractivity contribution >= 4 is 5.91 Å². The molecule has 7 nitrogen and oxygen atoms in total. The number of hydrogen-bond donors (Lipinski definition) is 1. The molecule has 3 aliphatic heterocycles. The molecule has 7 heteroatoms.